The fourth-order valence-corrected chi connectivity index (χ4v) is 2.70. The second-order valence-corrected chi connectivity index (χ2v) is 5.54. The Morgan fingerprint density at radius 3 is 2.32 bits per heavy atom. The number of anilines is 3. The lowest BCUT2D eigenvalue weighted by Gasteiger charge is -2.20. The number of aromatic nitrogens is 2. The maximum absolute atomic E-state index is 6.15. The number of halogens is 1. The average molecular weight is 313 g/mol. The van der Waals surface area contributed by atoms with Crippen molar-refractivity contribution in [3.05, 3.63) is 59.6 Å². The number of nitrogens with zero attached hydrogens (tertiary/aromatic N) is 3. The van der Waals surface area contributed by atoms with E-state index in [-0.39, 0.29) is 0 Å². The molecule has 2 aromatic carbocycles. The van der Waals surface area contributed by atoms with Crippen LogP contribution >= 0.6 is 11.6 Å². The van der Waals surface area contributed by atoms with Gasteiger partial charge in [0.15, 0.2) is 5.82 Å². The summed E-state index contributed by atoms with van der Waals surface area (Å²) < 4.78 is 1.80. The minimum absolute atomic E-state index is 0.499. The molecular weight excluding hydrogens is 296 g/mol. The van der Waals surface area contributed by atoms with Crippen LogP contribution in [0.2, 0.25) is 5.02 Å². The minimum atomic E-state index is 0.499. The van der Waals surface area contributed by atoms with Crippen molar-refractivity contribution in [1.29, 1.82) is 0 Å². The molecule has 0 aliphatic rings. The van der Waals surface area contributed by atoms with Gasteiger partial charge in [-0.25, -0.2) is 0 Å². The summed E-state index contributed by atoms with van der Waals surface area (Å²) in [6.07, 6.45) is 0. The summed E-state index contributed by atoms with van der Waals surface area (Å²) in [5, 5.41) is 5.08. The summed E-state index contributed by atoms with van der Waals surface area (Å²) in [5.41, 5.74) is 10.1. The van der Waals surface area contributed by atoms with E-state index in [9.17, 15) is 0 Å². The van der Waals surface area contributed by atoms with Crippen LogP contribution in [0.5, 0.6) is 0 Å². The molecule has 4 nitrogen and oxygen atoms in total. The molecule has 0 saturated heterocycles. The molecule has 0 saturated carbocycles. The van der Waals surface area contributed by atoms with Crippen molar-refractivity contribution in [2.24, 2.45) is 7.05 Å². The molecule has 0 bridgehead atoms. The number of para-hydroxylation sites is 1. The van der Waals surface area contributed by atoms with Gasteiger partial charge in [-0.15, -0.1) is 0 Å². The normalized spacial score (nSPS) is 10.7. The molecule has 3 rings (SSSR count). The molecule has 0 radical (unpaired) electrons. The molecule has 2 N–H and O–H groups in total. The van der Waals surface area contributed by atoms with E-state index in [0.29, 0.717) is 10.8 Å². The predicted octanol–water partition coefficient (Wildman–Crippen LogP) is 4.09. The topological polar surface area (TPSA) is 47.1 Å². The first-order valence-electron chi connectivity index (χ1n) is 6.95. The van der Waals surface area contributed by atoms with Crippen LogP contribution in [-0.4, -0.2) is 16.8 Å². The quantitative estimate of drug-likeness (QED) is 0.792. The van der Waals surface area contributed by atoms with Gasteiger partial charge in [0.25, 0.3) is 0 Å². The van der Waals surface area contributed by atoms with Gasteiger partial charge in [0.2, 0.25) is 0 Å². The van der Waals surface area contributed by atoms with Gasteiger partial charge in [-0.1, -0.05) is 41.9 Å². The number of rotatable bonds is 3. The molecule has 1 heterocycles. The third-order valence-corrected chi connectivity index (χ3v) is 3.90. The van der Waals surface area contributed by atoms with Crippen LogP contribution in [-0.2, 0) is 7.05 Å². The van der Waals surface area contributed by atoms with Crippen molar-refractivity contribution >= 4 is 28.8 Å². The van der Waals surface area contributed by atoms with E-state index in [4.69, 9.17) is 17.3 Å². The predicted molar refractivity (Wildman–Crippen MR) is 92.6 cm³/mol. The fraction of sp³-hybridized carbons (Fsp3) is 0.118. The second-order valence-electron chi connectivity index (χ2n) is 5.11. The van der Waals surface area contributed by atoms with Crippen LogP contribution < -0.4 is 10.6 Å². The van der Waals surface area contributed by atoms with Gasteiger partial charge in [-0.05, 0) is 24.3 Å². The van der Waals surface area contributed by atoms with E-state index in [1.165, 1.54) is 0 Å². The van der Waals surface area contributed by atoms with E-state index < -0.39 is 0 Å². The molecule has 0 unspecified atom stereocenters. The molecule has 3 aromatic rings. The summed E-state index contributed by atoms with van der Waals surface area (Å²) >= 11 is 5.98. The van der Waals surface area contributed by atoms with E-state index in [1.807, 2.05) is 73.6 Å². The zero-order chi connectivity index (χ0) is 15.7. The van der Waals surface area contributed by atoms with E-state index in [0.717, 1.165) is 22.6 Å². The Morgan fingerprint density at radius 1 is 1.05 bits per heavy atom. The molecule has 5 heteroatoms. The van der Waals surface area contributed by atoms with Crippen molar-refractivity contribution in [2.45, 2.75) is 0 Å². The van der Waals surface area contributed by atoms with E-state index >= 15 is 0 Å². The Labute approximate surface area is 134 Å². The average Bonchev–Trinajstić information content (AvgIpc) is 2.82. The van der Waals surface area contributed by atoms with Crippen LogP contribution in [0.15, 0.2) is 54.6 Å². The lowest BCUT2D eigenvalue weighted by molar-refractivity contribution is 0.780. The highest BCUT2D eigenvalue weighted by Gasteiger charge is 2.20. The number of benzene rings is 2. The fourth-order valence-electron chi connectivity index (χ4n) is 2.58. The summed E-state index contributed by atoms with van der Waals surface area (Å²) in [4.78, 5) is 2.05. The van der Waals surface area contributed by atoms with Crippen LogP contribution in [0.4, 0.5) is 17.2 Å². The first kappa shape index (κ1) is 14.5. The van der Waals surface area contributed by atoms with Gasteiger partial charge >= 0.3 is 0 Å². The molecule has 22 heavy (non-hydrogen) atoms. The molecule has 0 aliphatic carbocycles. The summed E-state index contributed by atoms with van der Waals surface area (Å²) in [5.74, 6) is 0.499. The molecule has 0 amide bonds. The Morgan fingerprint density at radius 2 is 1.68 bits per heavy atom. The smallest absolute Gasteiger partial charge is 0.170 e. The molecule has 1 aromatic heterocycles. The lowest BCUT2D eigenvalue weighted by Crippen LogP contribution is -2.11. The number of aryl methyl sites for hydroxylation is 1. The molecule has 112 valence electrons. The second kappa shape index (κ2) is 5.73. The standard InChI is InChI=1S/C17H17ClN4/c1-21(14-6-4-3-5-7-14)16-15(22(2)20-17(16)19)12-8-10-13(18)11-9-12/h3-11H,1-2H3,(H2,19,20). The Balaban J connectivity index is 2.14. The summed E-state index contributed by atoms with van der Waals surface area (Å²) in [6.45, 7) is 0. The lowest BCUT2D eigenvalue weighted by atomic mass is 10.1. The van der Waals surface area contributed by atoms with Crippen molar-refractivity contribution < 1.29 is 0 Å². The molecule has 0 aliphatic heterocycles. The van der Waals surface area contributed by atoms with Crippen molar-refractivity contribution in [2.75, 3.05) is 17.7 Å². The summed E-state index contributed by atoms with van der Waals surface area (Å²) in [6, 6.07) is 17.8. The zero-order valence-electron chi connectivity index (χ0n) is 12.5. The Bertz CT molecular complexity index is 778. The Hall–Kier alpha value is -2.46. The first-order chi connectivity index (χ1) is 10.6. The van der Waals surface area contributed by atoms with Crippen molar-refractivity contribution in [1.82, 2.24) is 9.78 Å². The van der Waals surface area contributed by atoms with Gasteiger partial charge in [-0.3, -0.25) is 4.68 Å². The maximum Gasteiger partial charge on any atom is 0.170 e. The molecule has 0 atom stereocenters. The van der Waals surface area contributed by atoms with Gasteiger partial charge in [0.05, 0.1) is 5.69 Å². The number of nitrogens with two attached hydrogens (primary N) is 1. The third-order valence-electron chi connectivity index (χ3n) is 3.64. The molecular formula is C17H17ClN4. The number of hydrogen-bond donors (Lipinski definition) is 1. The number of nitrogen functional groups attached to an aromatic ring is 1. The van der Waals surface area contributed by atoms with E-state index in [1.54, 1.807) is 4.68 Å². The maximum atomic E-state index is 6.15. The molecule has 0 spiro atoms. The number of hydrogen-bond acceptors (Lipinski definition) is 3. The van der Waals surface area contributed by atoms with Gasteiger partial charge in [0, 0.05) is 30.4 Å². The first-order valence-corrected chi connectivity index (χ1v) is 7.33. The molecule has 0 fully saturated rings. The monoisotopic (exact) mass is 312 g/mol. The van der Waals surface area contributed by atoms with Crippen LogP contribution in [0.25, 0.3) is 11.3 Å². The third kappa shape index (κ3) is 2.53. The largest absolute Gasteiger partial charge is 0.380 e. The van der Waals surface area contributed by atoms with Crippen molar-refractivity contribution in [3.8, 4) is 11.3 Å². The highest BCUT2D eigenvalue weighted by Crippen LogP contribution is 2.38. The van der Waals surface area contributed by atoms with Crippen LogP contribution in [0.3, 0.4) is 0 Å². The van der Waals surface area contributed by atoms with Crippen LogP contribution in [0, 0.1) is 0 Å². The highest BCUT2D eigenvalue weighted by atomic mass is 35.5. The van der Waals surface area contributed by atoms with Crippen LogP contribution in [0.1, 0.15) is 0 Å². The minimum Gasteiger partial charge on any atom is -0.380 e. The highest BCUT2D eigenvalue weighted by molar-refractivity contribution is 6.30. The Kier molecular flexibility index (Phi) is 3.77. The van der Waals surface area contributed by atoms with Gasteiger partial charge < -0.3 is 10.6 Å². The van der Waals surface area contributed by atoms with Crippen molar-refractivity contribution in [3.63, 3.8) is 0 Å². The van der Waals surface area contributed by atoms with E-state index in [2.05, 4.69) is 5.10 Å². The van der Waals surface area contributed by atoms with Gasteiger partial charge in [0.1, 0.15) is 5.69 Å². The summed E-state index contributed by atoms with van der Waals surface area (Å²) in [7, 11) is 3.88. The SMILES string of the molecule is CN(c1ccccc1)c1c(N)nn(C)c1-c1ccc(Cl)cc1. The zero-order valence-corrected chi connectivity index (χ0v) is 13.2. The van der Waals surface area contributed by atoms with Gasteiger partial charge in [-0.2, -0.15) is 5.10 Å².